The summed E-state index contributed by atoms with van der Waals surface area (Å²) in [5.74, 6) is 1.25. The number of nitrogens with two attached hydrogens (primary N) is 1. The van der Waals surface area contributed by atoms with Crippen LogP contribution < -0.4 is 20.5 Å². The van der Waals surface area contributed by atoms with Gasteiger partial charge in [0.2, 0.25) is 5.91 Å². The smallest absolute Gasteiger partial charge is 0.240 e. The van der Waals surface area contributed by atoms with Gasteiger partial charge < -0.3 is 25.3 Å². The minimum absolute atomic E-state index is 0. The molecule has 1 aromatic carbocycles. The highest BCUT2D eigenvalue weighted by molar-refractivity contribution is 5.86. The SMILES string of the molecule is COc1ccc(C(C)(C)CNC(=O)C2(N)CCOCC2)cc1OC.Cl. The van der Waals surface area contributed by atoms with Crippen molar-refractivity contribution in [3.63, 3.8) is 0 Å². The largest absolute Gasteiger partial charge is 0.493 e. The molecule has 7 heteroatoms. The number of nitrogens with one attached hydrogen (secondary N) is 1. The van der Waals surface area contributed by atoms with Crippen LogP contribution in [0.25, 0.3) is 0 Å². The second-order valence-corrected chi connectivity index (χ2v) is 6.90. The number of carbonyl (C=O) groups is 1. The van der Waals surface area contributed by atoms with Crippen LogP contribution in [-0.2, 0) is 14.9 Å². The number of rotatable bonds is 6. The third-order valence-corrected chi connectivity index (χ3v) is 4.69. The Morgan fingerprint density at radius 3 is 2.40 bits per heavy atom. The van der Waals surface area contributed by atoms with Gasteiger partial charge in [-0.25, -0.2) is 0 Å². The van der Waals surface area contributed by atoms with E-state index in [-0.39, 0.29) is 23.7 Å². The van der Waals surface area contributed by atoms with Crippen molar-refractivity contribution in [2.75, 3.05) is 34.0 Å². The molecule has 1 aliphatic heterocycles. The minimum Gasteiger partial charge on any atom is -0.493 e. The van der Waals surface area contributed by atoms with Crippen LogP contribution in [0.15, 0.2) is 18.2 Å². The molecule has 1 amide bonds. The van der Waals surface area contributed by atoms with Gasteiger partial charge in [-0.1, -0.05) is 19.9 Å². The summed E-state index contributed by atoms with van der Waals surface area (Å²) >= 11 is 0. The van der Waals surface area contributed by atoms with Gasteiger partial charge in [-0.3, -0.25) is 4.79 Å². The van der Waals surface area contributed by atoms with Crippen LogP contribution in [0.3, 0.4) is 0 Å². The first-order valence-electron chi connectivity index (χ1n) is 8.20. The van der Waals surface area contributed by atoms with Gasteiger partial charge in [-0.15, -0.1) is 12.4 Å². The number of halogens is 1. The number of ether oxygens (including phenoxy) is 3. The fourth-order valence-electron chi connectivity index (χ4n) is 2.80. The maximum absolute atomic E-state index is 12.5. The summed E-state index contributed by atoms with van der Waals surface area (Å²) in [6, 6.07) is 5.80. The third-order valence-electron chi connectivity index (χ3n) is 4.69. The van der Waals surface area contributed by atoms with Crippen LogP contribution in [-0.4, -0.2) is 45.4 Å². The van der Waals surface area contributed by atoms with Crippen molar-refractivity contribution in [1.29, 1.82) is 0 Å². The van der Waals surface area contributed by atoms with Crippen LogP contribution in [0.1, 0.15) is 32.3 Å². The summed E-state index contributed by atoms with van der Waals surface area (Å²) in [5.41, 5.74) is 6.19. The molecule has 1 fully saturated rings. The van der Waals surface area contributed by atoms with Gasteiger partial charge in [-0.05, 0) is 30.5 Å². The molecular formula is C18H29ClN2O4. The Balaban J connectivity index is 0.00000312. The van der Waals surface area contributed by atoms with E-state index in [1.165, 1.54) is 0 Å². The predicted octanol–water partition coefficient (Wildman–Crippen LogP) is 2.03. The van der Waals surface area contributed by atoms with Gasteiger partial charge in [-0.2, -0.15) is 0 Å². The molecule has 0 spiro atoms. The average Bonchev–Trinajstić information content (AvgIpc) is 2.59. The van der Waals surface area contributed by atoms with Crippen molar-refractivity contribution >= 4 is 18.3 Å². The molecule has 2 rings (SSSR count). The fourth-order valence-corrected chi connectivity index (χ4v) is 2.80. The summed E-state index contributed by atoms with van der Waals surface area (Å²) in [6.07, 6.45) is 1.10. The number of carbonyl (C=O) groups excluding carboxylic acids is 1. The Labute approximate surface area is 155 Å². The lowest BCUT2D eigenvalue weighted by molar-refractivity contribution is -0.130. The molecule has 0 unspecified atom stereocenters. The average molecular weight is 373 g/mol. The minimum atomic E-state index is -0.827. The van der Waals surface area contributed by atoms with Gasteiger partial charge in [0.05, 0.1) is 19.8 Å². The zero-order valence-electron chi connectivity index (χ0n) is 15.4. The molecule has 0 bridgehead atoms. The quantitative estimate of drug-likeness (QED) is 0.798. The zero-order valence-corrected chi connectivity index (χ0v) is 16.2. The Bertz CT molecular complexity index is 586. The Morgan fingerprint density at radius 2 is 1.84 bits per heavy atom. The van der Waals surface area contributed by atoms with Crippen LogP contribution in [0.2, 0.25) is 0 Å². The monoisotopic (exact) mass is 372 g/mol. The second-order valence-electron chi connectivity index (χ2n) is 6.90. The number of hydrogen-bond acceptors (Lipinski definition) is 5. The third kappa shape index (κ3) is 5.00. The Kier molecular flexibility index (Phi) is 7.53. The van der Waals surface area contributed by atoms with E-state index < -0.39 is 5.54 Å². The van der Waals surface area contributed by atoms with Crippen LogP contribution in [0.5, 0.6) is 11.5 Å². The van der Waals surface area contributed by atoms with Crippen LogP contribution in [0.4, 0.5) is 0 Å². The molecule has 1 aliphatic rings. The molecule has 0 aliphatic carbocycles. The summed E-state index contributed by atoms with van der Waals surface area (Å²) in [7, 11) is 3.22. The molecule has 1 saturated heterocycles. The lowest BCUT2D eigenvalue weighted by atomic mass is 9.83. The molecule has 25 heavy (non-hydrogen) atoms. The molecule has 3 N–H and O–H groups in total. The normalized spacial score (nSPS) is 16.5. The molecular weight excluding hydrogens is 344 g/mol. The molecule has 0 radical (unpaired) electrons. The molecule has 0 saturated carbocycles. The number of methoxy groups -OCH3 is 2. The highest BCUT2D eigenvalue weighted by atomic mass is 35.5. The van der Waals surface area contributed by atoms with Crippen LogP contribution in [0, 0.1) is 0 Å². The van der Waals surface area contributed by atoms with E-state index in [0.717, 1.165) is 5.56 Å². The van der Waals surface area contributed by atoms with Crippen molar-refractivity contribution in [1.82, 2.24) is 5.32 Å². The molecule has 1 heterocycles. The molecule has 0 atom stereocenters. The number of hydrogen-bond donors (Lipinski definition) is 2. The second kappa shape index (κ2) is 8.74. The van der Waals surface area contributed by atoms with E-state index in [1.54, 1.807) is 14.2 Å². The van der Waals surface area contributed by atoms with Gasteiger partial charge in [0.1, 0.15) is 0 Å². The van der Waals surface area contributed by atoms with E-state index in [9.17, 15) is 4.79 Å². The van der Waals surface area contributed by atoms with Gasteiger partial charge in [0, 0.05) is 25.2 Å². The summed E-state index contributed by atoms with van der Waals surface area (Å²) in [5, 5.41) is 3.01. The van der Waals surface area contributed by atoms with Crippen molar-refractivity contribution < 1.29 is 19.0 Å². The van der Waals surface area contributed by atoms with E-state index in [0.29, 0.717) is 44.1 Å². The molecule has 0 aromatic heterocycles. The van der Waals surface area contributed by atoms with Crippen molar-refractivity contribution in [3.8, 4) is 11.5 Å². The standard InChI is InChI=1S/C18H28N2O4.ClH/c1-17(2,13-5-6-14(22-3)15(11-13)23-4)12-20-16(21)18(19)7-9-24-10-8-18;/h5-6,11H,7-10,12,19H2,1-4H3,(H,20,21);1H. The Hall–Kier alpha value is -1.50. The molecule has 142 valence electrons. The van der Waals surface area contributed by atoms with E-state index >= 15 is 0 Å². The lowest BCUT2D eigenvalue weighted by Gasteiger charge is -2.34. The van der Waals surface area contributed by atoms with Crippen molar-refractivity contribution in [3.05, 3.63) is 23.8 Å². The van der Waals surface area contributed by atoms with E-state index in [4.69, 9.17) is 19.9 Å². The summed E-state index contributed by atoms with van der Waals surface area (Å²) < 4.78 is 15.9. The highest BCUT2D eigenvalue weighted by Crippen LogP contribution is 2.33. The van der Waals surface area contributed by atoms with Crippen LogP contribution >= 0.6 is 12.4 Å². The number of amides is 1. The Morgan fingerprint density at radius 1 is 1.24 bits per heavy atom. The lowest BCUT2D eigenvalue weighted by Crippen LogP contribution is -2.58. The first-order valence-corrected chi connectivity index (χ1v) is 8.20. The highest BCUT2D eigenvalue weighted by Gasteiger charge is 2.36. The first kappa shape index (κ1) is 21.5. The zero-order chi connectivity index (χ0) is 17.8. The first-order chi connectivity index (χ1) is 11.3. The molecule has 6 nitrogen and oxygen atoms in total. The van der Waals surface area contributed by atoms with Crippen molar-refractivity contribution in [2.45, 2.75) is 37.6 Å². The number of benzene rings is 1. The van der Waals surface area contributed by atoms with Gasteiger partial charge in [0.25, 0.3) is 0 Å². The summed E-state index contributed by atoms with van der Waals surface area (Å²) in [6.45, 7) is 5.69. The van der Waals surface area contributed by atoms with E-state index in [2.05, 4.69) is 19.2 Å². The topological polar surface area (TPSA) is 82.8 Å². The van der Waals surface area contributed by atoms with Gasteiger partial charge in [0.15, 0.2) is 11.5 Å². The maximum Gasteiger partial charge on any atom is 0.240 e. The maximum atomic E-state index is 12.5. The fraction of sp³-hybridized carbons (Fsp3) is 0.611. The molecule has 1 aromatic rings. The van der Waals surface area contributed by atoms with E-state index in [1.807, 2.05) is 18.2 Å². The van der Waals surface area contributed by atoms with Gasteiger partial charge >= 0.3 is 0 Å². The van der Waals surface area contributed by atoms with Crippen molar-refractivity contribution in [2.24, 2.45) is 5.73 Å². The predicted molar refractivity (Wildman–Crippen MR) is 99.8 cm³/mol. The summed E-state index contributed by atoms with van der Waals surface area (Å²) in [4.78, 5) is 12.5.